The zero-order valence-electron chi connectivity index (χ0n) is 13.9. The van der Waals surface area contributed by atoms with Crippen molar-refractivity contribution >= 4 is 5.82 Å². The van der Waals surface area contributed by atoms with E-state index in [9.17, 15) is 0 Å². The van der Waals surface area contributed by atoms with E-state index in [0.29, 0.717) is 18.0 Å². The minimum atomic E-state index is 0.308. The van der Waals surface area contributed by atoms with Crippen molar-refractivity contribution in [3.05, 3.63) is 30.5 Å². The molecule has 3 rings (SSSR count). The summed E-state index contributed by atoms with van der Waals surface area (Å²) in [5.41, 5.74) is 5.71. The van der Waals surface area contributed by atoms with Crippen LogP contribution in [0.15, 0.2) is 24.7 Å². The van der Waals surface area contributed by atoms with Gasteiger partial charge in [0.25, 0.3) is 0 Å². The van der Waals surface area contributed by atoms with Crippen LogP contribution in [-0.2, 0) is 17.8 Å². The van der Waals surface area contributed by atoms with Crippen LogP contribution >= 0.6 is 0 Å². The Bertz CT molecular complexity index is 622. The van der Waals surface area contributed by atoms with E-state index >= 15 is 0 Å². The zero-order valence-corrected chi connectivity index (χ0v) is 13.9. The van der Waals surface area contributed by atoms with Gasteiger partial charge in [0, 0.05) is 51.4 Å². The molecule has 1 aliphatic rings. The highest BCUT2D eigenvalue weighted by atomic mass is 16.5. The van der Waals surface area contributed by atoms with Crippen molar-refractivity contribution in [2.24, 2.45) is 0 Å². The number of hydrogen-bond acceptors (Lipinski definition) is 5. The number of nitrogen functional groups attached to an aromatic ring is 1. The highest BCUT2D eigenvalue weighted by Crippen LogP contribution is 2.22. The number of aryl methyl sites for hydroxylation is 2. The van der Waals surface area contributed by atoms with Crippen molar-refractivity contribution in [3.8, 4) is 0 Å². The maximum atomic E-state index is 5.71. The fourth-order valence-electron chi connectivity index (χ4n) is 3.35. The second kappa shape index (κ2) is 7.14. The van der Waals surface area contributed by atoms with Crippen LogP contribution in [0.25, 0.3) is 0 Å². The first-order valence-corrected chi connectivity index (χ1v) is 8.19. The second-order valence-electron chi connectivity index (χ2n) is 6.23. The van der Waals surface area contributed by atoms with Crippen LogP contribution < -0.4 is 5.73 Å². The summed E-state index contributed by atoms with van der Waals surface area (Å²) in [5.74, 6) is 1.65. The van der Waals surface area contributed by atoms with Gasteiger partial charge in [0.2, 0.25) is 0 Å². The van der Waals surface area contributed by atoms with E-state index in [1.54, 1.807) is 7.11 Å². The Kier molecular flexibility index (Phi) is 4.97. The summed E-state index contributed by atoms with van der Waals surface area (Å²) < 4.78 is 9.71. The predicted molar refractivity (Wildman–Crippen MR) is 89.0 cm³/mol. The molecule has 126 valence electrons. The average Bonchev–Trinajstić information content (AvgIpc) is 3.22. The minimum absolute atomic E-state index is 0.308. The molecule has 0 bridgehead atoms. The molecule has 2 N–H and O–H groups in total. The maximum Gasteiger partial charge on any atom is 0.145 e. The van der Waals surface area contributed by atoms with Crippen molar-refractivity contribution in [2.75, 3.05) is 25.9 Å². The monoisotopic (exact) mass is 318 g/mol. The largest absolute Gasteiger partial charge is 0.382 e. The molecule has 2 atom stereocenters. The number of methoxy groups -OCH3 is 1. The van der Waals surface area contributed by atoms with Crippen LogP contribution in [0.2, 0.25) is 0 Å². The smallest absolute Gasteiger partial charge is 0.145 e. The van der Waals surface area contributed by atoms with Gasteiger partial charge in [-0.1, -0.05) is 0 Å². The molecule has 2 aromatic heterocycles. The first-order valence-electron chi connectivity index (χ1n) is 8.19. The lowest BCUT2D eigenvalue weighted by Crippen LogP contribution is -2.34. The topological polar surface area (TPSA) is 74.1 Å². The van der Waals surface area contributed by atoms with Crippen LogP contribution in [0.3, 0.4) is 0 Å². The van der Waals surface area contributed by atoms with Gasteiger partial charge in [-0.25, -0.2) is 4.98 Å². The molecule has 1 fully saturated rings. The third kappa shape index (κ3) is 3.92. The summed E-state index contributed by atoms with van der Waals surface area (Å²) in [7, 11) is 1.80. The van der Waals surface area contributed by atoms with Gasteiger partial charge >= 0.3 is 0 Å². The molecule has 0 aromatic carbocycles. The summed E-state index contributed by atoms with van der Waals surface area (Å²) >= 11 is 0. The molecule has 0 spiro atoms. The van der Waals surface area contributed by atoms with Gasteiger partial charge in [-0.3, -0.25) is 9.58 Å². The Labute approximate surface area is 137 Å². The highest BCUT2D eigenvalue weighted by molar-refractivity contribution is 5.23. The van der Waals surface area contributed by atoms with E-state index in [2.05, 4.69) is 19.5 Å². The minimum Gasteiger partial charge on any atom is -0.382 e. The number of nitrogens with two attached hydrogens (primary N) is 1. The predicted octanol–water partition coefficient (Wildman–Crippen LogP) is 1.15. The van der Waals surface area contributed by atoms with Crippen LogP contribution in [0.1, 0.15) is 18.7 Å². The lowest BCUT2D eigenvalue weighted by molar-refractivity contribution is 0.108. The number of rotatable bonds is 7. The molecule has 7 heteroatoms. The molecular weight excluding hydrogens is 292 g/mol. The number of likely N-dealkylation sites (tertiary alicyclic amines) is 1. The molecule has 2 aromatic rings. The number of aromatic nitrogens is 4. The highest BCUT2D eigenvalue weighted by Gasteiger charge is 2.32. The lowest BCUT2D eigenvalue weighted by Gasteiger charge is -2.24. The van der Waals surface area contributed by atoms with Crippen LogP contribution in [0.5, 0.6) is 0 Å². The first-order chi connectivity index (χ1) is 11.2. The fraction of sp³-hybridized carbons (Fsp3) is 0.625. The zero-order chi connectivity index (χ0) is 16.2. The lowest BCUT2D eigenvalue weighted by atomic mass is 10.2. The van der Waals surface area contributed by atoms with E-state index in [1.807, 2.05) is 36.3 Å². The van der Waals surface area contributed by atoms with E-state index in [-0.39, 0.29) is 0 Å². The Morgan fingerprint density at radius 3 is 2.87 bits per heavy atom. The summed E-state index contributed by atoms with van der Waals surface area (Å²) in [6, 6.07) is 2.29. The van der Waals surface area contributed by atoms with E-state index in [0.717, 1.165) is 44.8 Å². The molecule has 23 heavy (non-hydrogen) atoms. The van der Waals surface area contributed by atoms with Crippen molar-refractivity contribution < 1.29 is 4.74 Å². The van der Waals surface area contributed by atoms with Gasteiger partial charge in [-0.15, -0.1) is 0 Å². The third-order valence-corrected chi connectivity index (χ3v) is 4.65. The van der Waals surface area contributed by atoms with Crippen molar-refractivity contribution in [1.82, 2.24) is 24.2 Å². The van der Waals surface area contributed by atoms with Gasteiger partial charge in [-0.2, -0.15) is 5.10 Å². The summed E-state index contributed by atoms with van der Waals surface area (Å²) in [5, 5.41) is 4.31. The Morgan fingerprint density at radius 1 is 1.35 bits per heavy atom. The summed E-state index contributed by atoms with van der Waals surface area (Å²) in [4.78, 5) is 6.78. The van der Waals surface area contributed by atoms with Crippen molar-refractivity contribution in [2.45, 2.75) is 45.0 Å². The van der Waals surface area contributed by atoms with E-state index < -0.39 is 0 Å². The Hall–Kier alpha value is -1.86. The van der Waals surface area contributed by atoms with Crippen LogP contribution in [-0.4, -0.2) is 56.6 Å². The molecule has 7 nitrogen and oxygen atoms in total. The number of imidazole rings is 1. The van der Waals surface area contributed by atoms with Gasteiger partial charge in [0.1, 0.15) is 11.6 Å². The number of hydrogen-bond donors (Lipinski definition) is 1. The Morgan fingerprint density at radius 2 is 2.22 bits per heavy atom. The molecule has 1 saturated heterocycles. The fourth-order valence-corrected chi connectivity index (χ4v) is 3.35. The quantitative estimate of drug-likeness (QED) is 0.829. The number of anilines is 1. The van der Waals surface area contributed by atoms with Crippen molar-refractivity contribution in [1.29, 1.82) is 0 Å². The molecular formula is C16H26N6O. The van der Waals surface area contributed by atoms with Crippen LogP contribution in [0.4, 0.5) is 5.82 Å². The molecule has 3 heterocycles. The van der Waals surface area contributed by atoms with E-state index in [4.69, 9.17) is 10.5 Å². The van der Waals surface area contributed by atoms with Crippen molar-refractivity contribution in [3.63, 3.8) is 0 Å². The maximum absolute atomic E-state index is 5.71. The molecule has 1 aliphatic heterocycles. The molecule has 0 saturated carbocycles. The molecule has 0 amide bonds. The molecule has 0 radical (unpaired) electrons. The standard InChI is InChI=1S/C16H26N6O/c1-13-18-5-9-20(13)6-3-7-21-12-15(23-2)10-14(21)11-22-8-4-16(17)19-22/h4-5,8-9,14-15H,3,6-7,10-12H2,1-2H3,(H2,17,19)/t14-,15+/m0/s1. The first kappa shape index (κ1) is 16.0. The van der Waals surface area contributed by atoms with Gasteiger partial charge in [0.05, 0.1) is 12.6 Å². The van der Waals surface area contributed by atoms with Gasteiger partial charge < -0.3 is 15.0 Å². The van der Waals surface area contributed by atoms with Crippen LogP contribution in [0, 0.1) is 6.92 Å². The Balaban J connectivity index is 1.55. The average molecular weight is 318 g/mol. The normalized spacial score (nSPS) is 22.0. The second-order valence-corrected chi connectivity index (χ2v) is 6.23. The molecule has 0 aliphatic carbocycles. The summed E-state index contributed by atoms with van der Waals surface area (Å²) in [6.07, 6.45) is 8.30. The van der Waals surface area contributed by atoms with Gasteiger partial charge in [0.15, 0.2) is 0 Å². The van der Waals surface area contributed by atoms with Gasteiger partial charge in [-0.05, 0) is 25.8 Å². The number of ether oxygens (including phenoxy) is 1. The SMILES string of the molecule is CO[C@@H]1C[C@@H](Cn2ccc(N)n2)N(CCCn2ccnc2C)C1. The third-order valence-electron chi connectivity index (χ3n) is 4.65. The number of nitrogens with zero attached hydrogens (tertiary/aromatic N) is 5. The molecule has 0 unspecified atom stereocenters. The van der Waals surface area contributed by atoms with E-state index in [1.165, 1.54) is 0 Å². The summed E-state index contributed by atoms with van der Waals surface area (Å²) in [6.45, 7) is 5.95.